The fraction of sp³-hybridized carbons (Fsp3) is 0.583. The summed E-state index contributed by atoms with van der Waals surface area (Å²) < 4.78 is 13.6. The maximum absolute atomic E-state index is 12.0. The average molecular weight is 623 g/mol. The lowest BCUT2D eigenvalue weighted by Gasteiger charge is -2.17. The Morgan fingerprint density at radius 1 is 0.705 bits per heavy atom. The van der Waals surface area contributed by atoms with Crippen LogP contribution in [-0.4, -0.2) is 148 Å². The zero-order valence-corrected chi connectivity index (χ0v) is 24.1. The highest BCUT2D eigenvalue weighted by Crippen LogP contribution is 2.32. The van der Waals surface area contributed by atoms with Gasteiger partial charge in [-0.15, -0.1) is 0 Å². The molecule has 0 bridgehead atoms. The van der Waals surface area contributed by atoms with Crippen LogP contribution in [0.3, 0.4) is 0 Å². The molecule has 0 aromatic carbocycles. The standard InChI is InChI=1S/2C12H17N5O5/c2*1-16(2)12-14-9-6(10(21)15-12)13-4-17(9)11-8(20)7(19)5(3-18)22-11/h2*4-5,7-8,11,18-20H,3H2,1-2H3,(H,14,15,21)/t2*5-,7-,8-,11-/m11/s1. The van der Waals surface area contributed by atoms with E-state index in [0.717, 1.165) is 0 Å². The molecule has 0 spiro atoms. The predicted molar refractivity (Wildman–Crippen MR) is 151 cm³/mol. The number of rotatable bonds is 6. The van der Waals surface area contributed by atoms with Crippen LogP contribution < -0.4 is 20.9 Å². The monoisotopic (exact) mass is 622 g/mol. The van der Waals surface area contributed by atoms with Crippen LogP contribution in [0, 0.1) is 0 Å². The third-order valence-corrected chi connectivity index (χ3v) is 7.27. The van der Waals surface area contributed by atoms with Crippen molar-refractivity contribution in [3.63, 3.8) is 0 Å². The van der Waals surface area contributed by atoms with Crippen molar-refractivity contribution in [1.29, 1.82) is 0 Å². The van der Waals surface area contributed by atoms with Crippen LogP contribution in [0.2, 0.25) is 0 Å². The second-order valence-corrected chi connectivity index (χ2v) is 10.7. The van der Waals surface area contributed by atoms with Crippen LogP contribution in [0.1, 0.15) is 12.5 Å². The summed E-state index contributed by atoms with van der Waals surface area (Å²) >= 11 is 0. The first-order valence-electron chi connectivity index (χ1n) is 13.4. The van der Waals surface area contributed by atoms with E-state index >= 15 is 0 Å². The van der Waals surface area contributed by atoms with Crippen LogP contribution in [0.15, 0.2) is 22.2 Å². The van der Waals surface area contributed by atoms with Gasteiger partial charge in [-0.05, 0) is 0 Å². The lowest BCUT2D eigenvalue weighted by Crippen LogP contribution is -2.33. The molecule has 2 aliphatic rings. The van der Waals surface area contributed by atoms with Crippen molar-refractivity contribution in [3.05, 3.63) is 33.4 Å². The van der Waals surface area contributed by atoms with Gasteiger partial charge in [0.15, 0.2) is 34.8 Å². The molecule has 0 amide bonds. The summed E-state index contributed by atoms with van der Waals surface area (Å²) in [6.07, 6.45) is -6.16. The minimum Gasteiger partial charge on any atom is -0.394 e. The van der Waals surface area contributed by atoms with E-state index in [1.54, 1.807) is 38.0 Å². The van der Waals surface area contributed by atoms with Crippen molar-refractivity contribution in [2.75, 3.05) is 51.2 Å². The van der Waals surface area contributed by atoms with Crippen molar-refractivity contribution in [1.82, 2.24) is 39.0 Å². The van der Waals surface area contributed by atoms with Crippen molar-refractivity contribution < 1.29 is 40.1 Å². The fourth-order valence-electron chi connectivity index (χ4n) is 4.84. The Morgan fingerprint density at radius 3 is 1.36 bits per heavy atom. The summed E-state index contributed by atoms with van der Waals surface area (Å²) in [5.41, 5.74) is -0.186. The van der Waals surface area contributed by atoms with Gasteiger partial charge in [0.05, 0.1) is 25.9 Å². The number of hydrogen-bond donors (Lipinski definition) is 8. The van der Waals surface area contributed by atoms with Gasteiger partial charge >= 0.3 is 0 Å². The van der Waals surface area contributed by atoms with Gasteiger partial charge < -0.3 is 49.9 Å². The number of imidazole rings is 2. The van der Waals surface area contributed by atoms with E-state index in [1.165, 1.54) is 21.8 Å². The molecule has 2 fully saturated rings. The SMILES string of the molecule is CN(C)c1nc2c(ncn2[C@@H]2O[C@H](CO)[C@@H](O)[C@H]2O)c(=O)[nH]1.CN(C)c1nc2c(ncn2[C@@H]2O[C@H](CO)[C@@H](O)[C@H]2O)c(=O)[nH]1. The van der Waals surface area contributed by atoms with E-state index in [0.29, 0.717) is 11.9 Å². The smallest absolute Gasteiger partial charge is 0.280 e. The molecule has 20 nitrogen and oxygen atoms in total. The average Bonchev–Trinajstić information content (AvgIpc) is 3.74. The quantitative estimate of drug-likeness (QED) is 0.101. The number of aliphatic hydroxyl groups excluding tert-OH is 6. The predicted octanol–water partition coefficient (Wildman–Crippen LogP) is -4.41. The molecule has 6 rings (SSSR count). The molecule has 0 unspecified atom stereocenters. The molecular weight excluding hydrogens is 588 g/mol. The Balaban J connectivity index is 0.000000175. The van der Waals surface area contributed by atoms with E-state index in [1.807, 2.05) is 0 Å². The molecular formula is C24H34N10O10. The zero-order valence-electron chi connectivity index (χ0n) is 24.1. The maximum atomic E-state index is 12.0. The molecule has 2 aliphatic heterocycles. The lowest BCUT2D eigenvalue weighted by atomic mass is 10.1. The van der Waals surface area contributed by atoms with E-state index in [2.05, 4.69) is 29.9 Å². The number of H-pyrrole nitrogens is 2. The molecule has 8 atom stereocenters. The first kappa shape index (κ1) is 31.4. The molecule has 0 radical (unpaired) electrons. The van der Waals surface area contributed by atoms with Crippen molar-refractivity contribution in [2.24, 2.45) is 0 Å². The minimum absolute atomic E-state index is 0.100. The number of ether oxygens (including phenoxy) is 2. The summed E-state index contributed by atoms with van der Waals surface area (Å²) in [4.78, 5) is 49.0. The number of aromatic amines is 2. The number of fused-ring (bicyclic) bond motifs is 2. The van der Waals surface area contributed by atoms with Crippen LogP contribution in [0.4, 0.5) is 11.9 Å². The summed E-state index contributed by atoms with van der Waals surface area (Å²) in [6, 6.07) is 0. The van der Waals surface area contributed by atoms with Gasteiger partial charge in [-0.2, -0.15) is 9.97 Å². The van der Waals surface area contributed by atoms with Crippen molar-refractivity contribution in [3.8, 4) is 0 Å². The molecule has 44 heavy (non-hydrogen) atoms. The van der Waals surface area contributed by atoms with Crippen LogP contribution in [0.25, 0.3) is 22.3 Å². The van der Waals surface area contributed by atoms with E-state index < -0.39 is 73.4 Å². The molecule has 6 heterocycles. The Hall–Kier alpha value is -4.02. The normalized spacial score (nSPS) is 28.4. The maximum Gasteiger partial charge on any atom is 0.280 e. The highest BCUT2D eigenvalue weighted by Gasteiger charge is 2.45. The van der Waals surface area contributed by atoms with Crippen molar-refractivity contribution in [2.45, 2.75) is 49.1 Å². The van der Waals surface area contributed by atoms with E-state index in [9.17, 15) is 30.0 Å². The number of hydrogen-bond acceptors (Lipinski definition) is 16. The second-order valence-electron chi connectivity index (χ2n) is 10.7. The first-order valence-corrected chi connectivity index (χ1v) is 13.4. The molecule has 2 saturated heterocycles. The Bertz CT molecular complexity index is 1610. The first-order chi connectivity index (χ1) is 20.9. The van der Waals surface area contributed by atoms with E-state index in [4.69, 9.17) is 19.7 Å². The second kappa shape index (κ2) is 12.2. The zero-order chi connectivity index (χ0) is 32.0. The topological polar surface area (TPSA) is 273 Å². The molecule has 0 saturated carbocycles. The third kappa shape index (κ3) is 5.41. The number of aliphatic hydroxyl groups is 6. The molecule has 0 aliphatic carbocycles. The summed E-state index contributed by atoms with van der Waals surface area (Å²) in [5, 5.41) is 58.1. The molecule has 4 aromatic rings. The number of nitrogens with one attached hydrogen (secondary N) is 2. The Morgan fingerprint density at radius 2 is 1.07 bits per heavy atom. The lowest BCUT2D eigenvalue weighted by molar-refractivity contribution is -0.0511. The molecule has 4 aromatic heterocycles. The van der Waals surface area contributed by atoms with Gasteiger partial charge in [-0.3, -0.25) is 28.7 Å². The van der Waals surface area contributed by atoms with E-state index in [-0.39, 0.29) is 22.3 Å². The third-order valence-electron chi connectivity index (χ3n) is 7.27. The Labute approximate surface area is 247 Å². The van der Waals surface area contributed by atoms with Gasteiger partial charge in [0.1, 0.15) is 36.6 Å². The van der Waals surface area contributed by atoms with Gasteiger partial charge in [-0.1, -0.05) is 0 Å². The molecule has 8 N–H and O–H groups in total. The van der Waals surface area contributed by atoms with Crippen LogP contribution in [-0.2, 0) is 9.47 Å². The summed E-state index contributed by atoms with van der Waals surface area (Å²) in [7, 11) is 6.88. The molecule has 240 valence electrons. The highest BCUT2D eigenvalue weighted by molar-refractivity contribution is 5.71. The summed E-state index contributed by atoms with van der Waals surface area (Å²) in [5.74, 6) is 0.650. The number of anilines is 2. The highest BCUT2D eigenvalue weighted by atomic mass is 16.6. The molecule has 20 heteroatoms. The number of nitrogens with zero attached hydrogens (tertiary/aromatic N) is 8. The number of aromatic nitrogens is 8. The minimum atomic E-state index is -1.27. The van der Waals surface area contributed by atoms with Gasteiger partial charge in [-0.25, -0.2) is 9.97 Å². The van der Waals surface area contributed by atoms with Gasteiger partial charge in [0.2, 0.25) is 11.9 Å². The van der Waals surface area contributed by atoms with Crippen LogP contribution >= 0.6 is 0 Å². The van der Waals surface area contributed by atoms with Gasteiger partial charge in [0.25, 0.3) is 11.1 Å². The summed E-state index contributed by atoms with van der Waals surface area (Å²) in [6.45, 7) is -0.864. The largest absolute Gasteiger partial charge is 0.394 e. The fourth-order valence-corrected chi connectivity index (χ4v) is 4.84. The van der Waals surface area contributed by atoms with Crippen molar-refractivity contribution >= 4 is 34.2 Å². The van der Waals surface area contributed by atoms with Crippen LogP contribution in [0.5, 0.6) is 0 Å². The Kier molecular flexibility index (Phi) is 8.68. The van der Waals surface area contributed by atoms with Gasteiger partial charge in [0, 0.05) is 28.2 Å².